The van der Waals surface area contributed by atoms with Gasteiger partial charge in [-0.15, -0.1) is 0 Å². The lowest BCUT2D eigenvalue weighted by atomic mass is 10.1. The van der Waals surface area contributed by atoms with Gasteiger partial charge < -0.3 is 21.3 Å². The highest BCUT2D eigenvalue weighted by Gasteiger charge is 2.08. The fraction of sp³-hybridized carbons (Fsp3) is 0.160. The molecule has 0 fully saturated rings. The van der Waals surface area contributed by atoms with Crippen LogP contribution in [-0.2, 0) is 4.79 Å². The molecule has 7 heteroatoms. The van der Waals surface area contributed by atoms with E-state index in [0.717, 1.165) is 11.3 Å². The largest absolute Gasteiger partial charge is 0.376 e. The van der Waals surface area contributed by atoms with Crippen LogP contribution in [0.1, 0.15) is 33.2 Å². The van der Waals surface area contributed by atoms with Crippen molar-refractivity contribution in [3.8, 4) is 0 Å². The number of carbonyl (C=O) groups is 3. The van der Waals surface area contributed by atoms with Crippen molar-refractivity contribution in [3.05, 3.63) is 89.5 Å². The van der Waals surface area contributed by atoms with E-state index < -0.39 is 0 Å². The predicted octanol–water partition coefficient (Wildman–Crippen LogP) is 4.05. The number of hydrogen-bond donors (Lipinski definition) is 4. The number of hydrogen-bond acceptors (Lipinski definition) is 4. The van der Waals surface area contributed by atoms with Crippen LogP contribution in [0.3, 0.4) is 0 Å². The van der Waals surface area contributed by atoms with Crippen molar-refractivity contribution in [1.29, 1.82) is 0 Å². The van der Waals surface area contributed by atoms with E-state index in [-0.39, 0.29) is 24.3 Å². The zero-order valence-corrected chi connectivity index (χ0v) is 18.1. The number of carbonyl (C=O) groups excluding carboxylic acids is 3. The molecule has 0 aliphatic rings. The van der Waals surface area contributed by atoms with Crippen LogP contribution in [-0.4, -0.2) is 30.8 Å². The molecule has 0 saturated heterocycles. The molecule has 0 saturated carbocycles. The molecule has 4 N–H and O–H groups in total. The van der Waals surface area contributed by atoms with Crippen molar-refractivity contribution in [3.63, 3.8) is 0 Å². The number of rotatable bonds is 8. The van der Waals surface area contributed by atoms with Crippen LogP contribution in [0, 0.1) is 6.92 Å². The van der Waals surface area contributed by atoms with Crippen LogP contribution in [0.25, 0.3) is 0 Å². The number of aryl methyl sites for hydroxylation is 1. The monoisotopic (exact) mass is 430 g/mol. The Kier molecular flexibility index (Phi) is 7.59. The van der Waals surface area contributed by atoms with Crippen LogP contribution in [0.15, 0.2) is 72.8 Å². The van der Waals surface area contributed by atoms with E-state index in [1.54, 1.807) is 54.6 Å². The van der Waals surface area contributed by atoms with Gasteiger partial charge in [0.15, 0.2) is 0 Å². The van der Waals surface area contributed by atoms with Gasteiger partial charge in [0, 0.05) is 34.7 Å². The zero-order valence-electron chi connectivity index (χ0n) is 18.1. The summed E-state index contributed by atoms with van der Waals surface area (Å²) >= 11 is 0. The van der Waals surface area contributed by atoms with Gasteiger partial charge in [-0.05, 0) is 74.5 Å². The molecule has 0 spiro atoms. The quantitative estimate of drug-likeness (QED) is 0.433. The van der Waals surface area contributed by atoms with Crippen molar-refractivity contribution in [2.24, 2.45) is 0 Å². The first-order valence-electron chi connectivity index (χ1n) is 10.3. The summed E-state index contributed by atoms with van der Waals surface area (Å²) in [5, 5.41) is 11.4. The summed E-state index contributed by atoms with van der Waals surface area (Å²) in [5.41, 5.74) is 4.19. The van der Waals surface area contributed by atoms with Crippen molar-refractivity contribution >= 4 is 34.8 Å². The van der Waals surface area contributed by atoms with Gasteiger partial charge in [-0.2, -0.15) is 0 Å². The van der Waals surface area contributed by atoms with Crippen LogP contribution < -0.4 is 21.3 Å². The first-order valence-corrected chi connectivity index (χ1v) is 10.3. The maximum absolute atomic E-state index is 12.3. The van der Waals surface area contributed by atoms with E-state index in [9.17, 15) is 14.4 Å². The van der Waals surface area contributed by atoms with E-state index in [2.05, 4.69) is 21.3 Å². The summed E-state index contributed by atoms with van der Waals surface area (Å²) < 4.78 is 0. The normalized spacial score (nSPS) is 10.2. The Morgan fingerprint density at radius 3 is 2.00 bits per heavy atom. The third-order valence-corrected chi connectivity index (χ3v) is 4.64. The Hall–Kier alpha value is -4.13. The second-order valence-corrected chi connectivity index (χ2v) is 7.24. The molecule has 0 bridgehead atoms. The minimum atomic E-state index is -0.215. The Labute approximate surface area is 187 Å². The molecule has 3 aromatic rings. The molecule has 32 heavy (non-hydrogen) atoms. The van der Waals surface area contributed by atoms with Gasteiger partial charge in [0.25, 0.3) is 11.8 Å². The molecule has 0 radical (unpaired) electrons. The van der Waals surface area contributed by atoms with Crippen LogP contribution in [0.4, 0.5) is 17.1 Å². The number of amides is 3. The second kappa shape index (κ2) is 10.8. The van der Waals surface area contributed by atoms with E-state index in [0.29, 0.717) is 29.0 Å². The second-order valence-electron chi connectivity index (χ2n) is 7.24. The lowest BCUT2D eigenvalue weighted by Crippen LogP contribution is -2.23. The molecule has 0 aromatic heterocycles. The maximum atomic E-state index is 12.3. The molecular formula is C25H26N4O3. The fourth-order valence-corrected chi connectivity index (χ4v) is 3.02. The average Bonchev–Trinajstić information content (AvgIpc) is 2.79. The van der Waals surface area contributed by atoms with Crippen molar-refractivity contribution < 1.29 is 14.4 Å². The van der Waals surface area contributed by atoms with Gasteiger partial charge in [0.1, 0.15) is 0 Å². The summed E-state index contributed by atoms with van der Waals surface area (Å²) in [4.78, 5) is 36.3. The minimum absolute atomic E-state index is 0.0765. The first kappa shape index (κ1) is 22.6. The average molecular weight is 431 g/mol. The minimum Gasteiger partial charge on any atom is -0.376 e. The Morgan fingerprint density at radius 2 is 1.34 bits per heavy atom. The Morgan fingerprint density at radius 1 is 0.719 bits per heavy atom. The Balaban J connectivity index is 1.48. The van der Waals surface area contributed by atoms with Crippen LogP contribution >= 0.6 is 0 Å². The standard InChI is InChI=1S/C25H26N4O3/c1-3-26-24(31)18-7-9-21(10-8-18)28-23(30)16-27-20-11-13-22(14-12-20)29-25(32)19-6-4-5-17(2)15-19/h4-15,27H,3,16H2,1-2H3,(H,26,31)(H,28,30)(H,29,32). The van der Waals surface area contributed by atoms with Gasteiger partial charge in [-0.3, -0.25) is 14.4 Å². The van der Waals surface area contributed by atoms with Crippen LogP contribution in [0.5, 0.6) is 0 Å². The van der Waals surface area contributed by atoms with Gasteiger partial charge in [-0.25, -0.2) is 0 Å². The van der Waals surface area contributed by atoms with Gasteiger partial charge in [-0.1, -0.05) is 17.7 Å². The summed E-state index contributed by atoms with van der Waals surface area (Å²) in [6.45, 7) is 4.43. The third kappa shape index (κ3) is 6.43. The maximum Gasteiger partial charge on any atom is 0.255 e. The van der Waals surface area contributed by atoms with Gasteiger partial charge in [0.05, 0.1) is 6.54 Å². The molecular weight excluding hydrogens is 404 g/mol. The highest BCUT2D eigenvalue weighted by Crippen LogP contribution is 2.15. The lowest BCUT2D eigenvalue weighted by Gasteiger charge is -2.10. The first-order chi connectivity index (χ1) is 15.4. The van der Waals surface area contributed by atoms with E-state index in [4.69, 9.17) is 0 Å². The van der Waals surface area contributed by atoms with Gasteiger partial charge in [0.2, 0.25) is 5.91 Å². The van der Waals surface area contributed by atoms with Crippen LogP contribution in [0.2, 0.25) is 0 Å². The summed E-state index contributed by atoms with van der Waals surface area (Å²) in [6.07, 6.45) is 0. The van der Waals surface area contributed by atoms with Gasteiger partial charge >= 0.3 is 0 Å². The zero-order chi connectivity index (χ0) is 22.9. The molecule has 0 heterocycles. The van der Waals surface area contributed by atoms with E-state index >= 15 is 0 Å². The summed E-state index contributed by atoms with van der Waals surface area (Å²) in [5.74, 6) is -0.537. The molecule has 164 valence electrons. The molecule has 0 aliphatic heterocycles. The number of benzene rings is 3. The van der Waals surface area contributed by atoms with Crippen molar-refractivity contribution in [2.45, 2.75) is 13.8 Å². The fourth-order valence-electron chi connectivity index (χ4n) is 3.02. The summed E-state index contributed by atoms with van der Waals surface area (Å²) in [6, 6.07) is 21.2. The Bertz CT molecular complexity index is 1090. The predicted molar refractivity (Wildman–Crippen MR) is 127 cm³/mol. The van der Waals surface area contributed by atoms with E-state index in [1.165, 1.54) is 0 Å². The topological polar surface area (TPSA) is 99.3 Å². The SMILES string of the molecule is CCNC(=O)c1ccc(NC(=O)CNc2ccc(NC(=O)c3cccc(C)c3)cc2)cc1. The smallest absolute Gasteiger partial charge is 0.255 e. The lowest BCUT2D eigenvalue weighted by molar-refractivity contribution is -0.114. The summed E-state index contributed by atoms with van der Waals surface area (Å²) in [7, 11) is 0. The molecule has 7 nitrogen and oxygen atoms in total. The van der Waals surface area contributed by atoms with Crippen molar-refractivity contribution in [2.75, 3.05) is 29.0 Å². The van der Waals surface area contributed by atoms with Crippen molar-refractivity contribution in [1.82, 2.24) is 5.32 Å². The third-order valence-electron chi connectivity index (χ3n) is 4.64. The highest BCUT2D eigenvalue weighted by molar-refractivity contribution is 6.04. The molecule has 0 unspecified atom stereocenters. The number of nitrogens with one attached hydrogen (secondary N) is 4. The molecule has 0 aliphatic carbocycles. The molecule has 3 rings (SSSR count). The molecule has 3 amide bonds. The number of anilines is 3. The highest BCUT2D eigenvalue weighted by atomic mass is 16.2. The molecule has 3 aromatic carbocycles. The van der Waals surface area contributed by atoms with E-state index in [1.807, 2.05) is 32.0 Å². The molecule has 0 atom stereocenters.